The standard InChI is InChI=1S/C12H11BrN4/c13-9-4-2-1-3-7(9)10-8-5-6-15-11(8)17-12(14)16-10/h1-4H,5-6H2,(H3,14,15,16,17). The van der Waals surface area contributed by atoms with Crippen molar-refractivity contribution in [3.05, 3.63) is 34.3 Å². The van der Waals surface area contributed by atoms with Crippen molar-refractivity contribution >= 4 is 27.7 Å². The molecule has 86 valence electrons. The van der Waals surface area contributed by atoms with E-state index in [1.165, 1.54) is 0 Å². The molecule has 0 saturated carbocycles. The highest BCUT2D eigenvalue weighted by Gasteiger charge is 2.20. The first-order valence-corrected chi connectivity index (χ1v) is 6.20. The lowest BCUT2D eigenvalue weighted by Crippen LogP contribution is -2.01. The summed E-state index contributed by atoms with van der Waals surface area (Å²) >= 11 is 3.54. The lowest BCUT2D eigenvalue weighted by molar-refractivity contribution is 1.09. The summed E-state index contributed by atoms with van der Waals surface area (Å²) in [6.07, 6.45) is 0.937. The fourth-order valence-electron chi connectivity index (χ4n) is 2.07. The first-order valence-electron chi connectivity index (χ1n) is 5.41. The van der Waals surface area contributed by atoms with Gasteiger partial charge < -0.3 is 11.1 Å². The predicted molar refractivity (Wildman–Crippen MR) is 71.8 cm³/mol. The largest absolute Gasteiger partial charge is 0.369 e. The van der Waals surface area contributed by atoms with Crippen LogP contribution in [-0.4, -0.2) is 16.5 Å². The predicted octanol–water partition coefficient (Wildman–Crippen LogP) is 2.46. The molecule has 17 heavy (non-hydrogen) atoms. The summed E-state index contributed by atoms with van der Waals surface area (Å²) in [5.41, 5.74) is 8.86. The number of hydrogen-bond acceptors (Lipinski definition) is 4. The SMILES string of the molecule is Nc1nc2c(c(-c3ccccc3Br)n1)CCN2. The third-order valence-electron chi connectivity index (χ3n) is 2.82. The number of halogens is 1. The van der Waals surface area contributed by atoms with E-state index in [-0.39, 0.29) is 0 Å². The fourth-order valence-corrected chi connectivity index (χ4v) is 2.54. The Bertz CT molecular complexity index is 583. The van der Waals surface area contributed by atoms with E-state index in [1.54, 1.807) is 0 Å². The van der Waals surface area contributed by atoms with Crippen LogP contribution in [0.25, 0.3) is 11.3 Å². The van der Waals surface area contributed by atoms with Crippen LogP contribution in [0, 0.1) is 0 Å². The molecule has 4 nitrogen and oxygen atoms in total. The van der Waals surface area contributed by atoms with Gasteiger partial charge in [-0.15, -0.1) is 0 Å². The number of aromatic nitrogens is 2. The van der Waals surface area contributed by atoms with Gasteiger partial charge in [-0.3, -0.25) is 0 Å². The molecule has 3 rings (SSSR count). The van der Waals surface area contributed by atoms with Gasteiger partial charge in [-0.25, -0.2) is 4.98 Å². The number of nitrogens with one attached hydrogen (secondary N) is 1. The van der Waals surface area contributed by atoms with Crippen molar-refractivity contribution in [2.24, 2.45) is 0 Å². The highest BCUT2D eigenvalue weighted by molar-refractivity contribution is 9.10. The maximum Gasteiger partial charge on any atom is 0.222 e. The number of rotatable bonds is 1. The smallest absolute Gasteiger partial charge is 0.222 e. The summed E-state index contributed by atoms with van der Waals surface area (Å²) in [7, 11) is 0. The van der Waals surface area contributed by atoms with Crippen LogP contribution in [0.3, 0.4) is 0 Å². The van der Waals surface area contributed by atoms with Crippen molar-refractivity contribution in [3.8, 4) is 11.3 Å². The van der Waals surface area contributed by atoms with Crippen molar-refractivity contribution in [1.29, 1.82) is 0 Å². The van der Waals surface area contributed by atoms with Gasteiger partial charge >= 0.3 is 0 Å². The minimum Gasteiger partial charge on any atom is -0.369 e. The van der Waals surface area contributed by atoms with Crippen LogP contribution in [-0.2, 0) is 6.42 Å². The van der Waals surface area contributed by atoms with E-state index in [1.807, 2.05) is 24.3 Å². The molecule has 0 aliphatic carbocycles. The fraction of sp³-hybridized carbons (Fsp3) is 0.167. The molecule has 0 saturated heterocycles. The summed E-state index contributed by atoms with van der Waals surface area (Å²) in [6, 6.07) is 8.01. The second-order valence-corrected chi connectivity index (χ2v) is 4.77. The molecule has 5 heteroatoms. The zero-order chi connectivity index (χ0) is 11.8. The maximum absolute atomic E-state index is 5.74. The van der Waals surface area contributed by atoms with E-state index in [2.05, 4.69) is 31.2 Å². The highest BCUT2D eigenvalue weighted by Crippen LogP contribution is 2.34. The van der Waals surface area contributed by atoms with Crippen molar-refractivity contribution in [2.45, 2.75) is 6.42 Å². The van der Waals surface area contributed by atoms with E-state index >= 15 is 0 Å². The van der Waals surface area contributed by atoms with E-state index in [0.717, 1.165) is 40.1 Å². The quantitative estimate of drug-likeness (QED) is 0.847. The topological polar surface area (TPSA) is 63.8 Å². The Kier molecular flexibility index (Phi) is 2.48. The second kappa shape index (κ2) is 4.00. The number of anilines is 2. The van der Waals surface area contributed by atoms with Gasteiger partial charge in [0.05, 0.1) is 5.69 Å². The molecule has 2 aromatic rings. The summed E-state index contributed by atoms with van der Waals surface area (Å²) in [6.45, 7) is 0.894. The summed E-state index contributed by atoms with van der Waals surface area (Å²) in [4.78, 5) is 8.58. The molecular weight excluding hydrogens is 280 g/mol. The molecule has 1 aliphatic heterocycles. The molecule has 0 amide bonds. The van der Waals surface area contributed by atoms with Crippen LogP contribution in [0.2, 0.25) is 0 Å². The summed E-state index contributed by atoms with van der Waals surface area (Å²) in [5.74, 6) is 1.17. The minimum atomic E-state index is 0.309. The van der Waals surface area contributed by atoms with Crippen molar-refractivity contribution < 1.29 is 0 Å². The van der Waals surface area contributed by atoms with Gasteiger partial charge in [-0.1, -0.05) is 34.1 Å². The number of benzene rings is 1. The normalized spacial score (nSPS) is 13.2. The van der Waals surface area contributed by atoms with Crippen LogP contribution in [0.1, 0.15) is 5.56 Å². The number of nitrogens with two attached hydrogens (primary N) is 1. The van der Waals surface area contributed by atoms with E-state index < -0.39 is 0 Å². The maximum atomic E-state index is 5.74. The molecule has 1 aromatic carbocycles. The molecule has 0 spiro atoms. The molecule has 0 fully saturated rings. The van der Waals surface area contributed by atoms with Gasteiger partial charge in [-0.05, 0) is 12.5 Å². The van der Waals surface area contributed by atoms with Gasteiger partial charge in [0.2, 0.25) is 5.95 Å². The van der Waals surface area contributed by atoms with Crippen molar-refractivity contribution in [2.75, 3.05) is 17.6 Å². The molecule has 2 heterocycles. The Morgan fingerprint density at radius 1 is 1.24 bits per heavy atom. The summed E-state index contributed by atoms with van der Waals surface area (Å²) in [5, 5.41) is 3.22. The third-order valence-corrected chi connectivity index (χ3v) is 3.51. The van der Waals surface area contributed by atoms with Crippen LogP contribution in [0.15, 0.2) is 28.7 Å². The Morgan fingerprint density at radius 2 is 2.06 bits per heavy atom. The van der Waals surface area contributed by atoms with Crippen LogP contribution >= 0.6 is 15.9 Å². The van der Waals surface area contributed by atoms with Crippen LogP contribution in [0.5, 0.6) is 0 Å². The van der Waals surface area contributed by atoms with Crippen LogP contribution < -0.4 is 11.1 Å². The van der Waals surface area contributed by atoms with E-state index in [4.69, 9.17) is 5.73 Å². The van der Waals surface area contributed by atoms with Crippen molar-refractivity contribution in [3.63, 3.8) is 0 Å². The summed E-state index contributed by atoms with van der Waals surface area (Å²) < 4.78 is 1.02. The lowest BCUT2D eigenvalue weighted by Gasteiger charge is -2.09. The molecule has 1 aliphatic rings. The Labute approximate surface area is 107 Å². The molecule has 1 aromatic heterocycles. The second-order valence-electron chi connectivity index (χ2n) is 3.91. The first kappa shape index (κ1) is 10.5. The molecule has 0 unspecified atom stereocenters. The Morgan fingerprint density at radius 3 is 2.88 bits per heavy atom. The Balaban J connectivity index is 2.25. The van der Waals surface area contributed by atoms with Gasteiger partial charge in [0.15, 0.2) is 0 Å². The third kappa shape index (κ3) is 1.76. The van der Waals surface area contributed by atoms with Gasteiger partial charge in [0.25, 0.3) is 0 Å². The zero-order valence-electron chi connectivity index (χ0n) is 9.07. The van der Waals surface area contributed by atoms with Gasteiger partial charge in [0, 0.05) is 22.1 Å². The molecule has 0 atom stereocenters. The Hall–Kier alpha value is -1.62. The monoisotopic (exact) mass is 290 g/mol. The highest BCUT2D eigenvalue weighted by atomic mass is 79.9. The zero-order valence-corrected chi connectivity index (χ0v) is 10.7. The van der Waals surface area contributed by atoms with Gasteiger partial charge in [-0.2, -0.15) is 4.98 Å². The van der Waals surface area contributed by atoms with E-state index in [9.17, 15) is 0 Å². The van der Waals surface area contributed by atoms with Crippen LogP contribution in [0.4, 0.5) is 11.8 Å². The number of hydrogen-bond donors (Lipinski definition) is 2. The number of nitrogen functional groups attached to an aromatic ring is 1. The molecular formula is C12H11BrN4. The molecule has 0 radical (unpaired) electrons. The first-order chi connectivity index (χ1) is 8.25. The molecule has 3 N–H and O–H groups in total. The van der Waals surface area contributed by atoms with Gasteiger partial charge in [0.1, 0.15) is 5.82 Å². The number of fused-ring (bicyclic) bond motifs is 1. The molecule has 0 bridgehead atoms. The van der Waals surface area contributed by atoms with E-state index in [0.29, 0.717) is 5.95 Å². The average molecular weight is 291 g/mol. The minimum absolute atomic E-state index is 0.309. The van der Waals surface area contributed by atoms with Crippen molar-refractivity contribution in [1.82, 2.24) is 9.97 Å². The lowest BCUT2D eigenvalue weighted by atomic mass is 10.1. The average Bonchev–Trinajstić information content (AvgIpc) is 2.76. The number of nitrogens with zero attached hydrogens (tertiary/aromatic N) is 2.